The molecule has 1 aliphatic rings. The van der Waals surface area contributed by atoms with E-state index in [1.54, 1.807) is 0 Å². The third-order valence-electron chi connectivity index (χ3n) is 10.0. The molecule has 0 atom stereocenters. The molecule has 4 heteroatoms. The minimum Gasteiger partial charge on any atom is -0.438 e. The quantitative estimate of drug-likeness (QED) is 0.202. The second-order valence-corrected chi connectivity index (χ2v) is 13.0. The van der Waals surface area contributed by atoms with Crippen LogP contribution in [0.5, 0.6) is 0 Å². The van der Waals surface area contributed by atoms with Crippen molar-refractivity contribution in [2.75, 3.05) is 0 Å². The van der Waals surface area contributed by atoms with Crippen molar-refractivity contribution in [1.29, 1.82) is 0 Å². The summed E-state index contributed by atoms with van der Waals surface area (Å²) in [6.45, 7) is 4.72. The lowest BCUT2D eigenvalue weighted by atomic mass is 9.80. The van der Waals surface area contributed by atoms with Crippen LogP contribution in [0.4, 0.5) is 0 Å². The van der Waals surface area contributed by atoms with E-state index in [1.807, 2.05) is 36.4 Å². The van der Waals surface area contributed by atoms with Gasteiger partial charge in [0.1, 0.15) is 5.58 Å². The van der Waals surface area contributed by atoms with E-state index in [4.69, 9.17) is 14.4 Å². The molecular formula is C43H29N3O. The second kappa shape index (κ2) is 9.51. The minimum atomic E-state index is -0.119. The van der Waals surface area contributed by atoms with Gasteiger partial charge >= 0.3 is 0 Å². The van der Waals surface area contributed by atoms with Gasteiger partial charge in [-0.1, -0.05) is 123 Å². The van der Waals surface area contributed by atoms with Gasteiger partial charge in [-0.15, -0.1) is 0 Å². The molecule has 222 valence electrons. The summed E-state index contributed by atoms with van der Waals surface area (Å²) in [7, 11) is 0. The first-order valence-electron chi connectivity index (χ1n) is 16.1. The Bertz CT molecular complexity index is 2710. The lowest BCUT2D eigenvalue weighted by molar-refractivity contribution is 0.653. The van der Waals surface area contributed by atoms with Gasteiger partial charge in [-0.2, -0.15) is 4.98 Å². The lowest BCUT2D eigenvalue weighted by Gasteiger charge is -2.22. The van der Waals surface area contributed by atoms with E-state index < -0.39 is 0 Å². The summed E-state index contributed by atoms with van der Waals surface area (Å²) < 4.78 is 8.72. The molecule has 4 nitrogen and oxygen atoms in total. The van der Waals surface area contributed by atoms with E-state index in [2.05, 4.69) is 122 Å². The summed E-state index contributed by atoms with van der Waals surface area (Å²) in [5.74, 6) is 0.635. The lowest BCUT2D eigenvalue weighted by Crippen LogP contribution is -2.15. The normalized spacial score (nSPS) is 13.5. The summed E-state index contributed by atoms with van der Waals surface area (Å²) in [6, 6.07) is 49.2. The zero-order valence-corrected chi connectivity index (χ0v) is 26.0. The second-order valence-electron chi connectivity index (χ2n) is 13.0. The molecule has 6 aromatic carbocycles. The molecule has 0 N–H and O–H groups in total. The van der Waals surface area contributed by atoms with Gasteiger partial charge in [-0.3, -0.25) is 0 Å². The molecule has 47 heavy (non-hydrogen) atoms. The van der Waals surface area contributed by atoms with Crippen molar-refractivity contribution in [3.63, 3.8) is 0 Å². The summed E-state index contributed by atoms with van der Waals surface area (Å²) in [4.78, 5) is 10.2. The van der Waals surface area contributed by atoms with Crippen LogP contribution in [-0.4, -0.2) is 14.5 Å². The van der Waals surface area contributed by atoms with E-state index in [9.17, 15) is 0 Å². The number of nitrogens with zero attached hydrogens (tertiary/aromatic N) is 3. The van der Waals surface area contributed by atoms with Crippen molar-refractivity contribution in [3.8, 4) is 39.5 Å². The van der Waals surface area contributed by atoms with E-state index in [0.717, 1.165) is 38.9 Å². The van der Waals surface area contributed by atoms with Gasteiger partial charge in [0.25, 0.3) is 0 Å². The van der Waals surface area contributed by atoms with Gasteiger partial charge in [-0.05, 0) is 52.6 Å². The maximum atomic E-state index is 6.33. The third kappa shape index (κ3) is 3.64. The highest BCUT2D eigenvalue weighted by Gasteiger charge is 2.38. The number of furan rings is 1. The van der Waals surface area contributed by atoms with Crippen LogP contribution in [-0.2, 0) is 5.41 Å². The highest BCUT2D eigenvalue weighted by Crippen LogP contribution is 2.53. The standard InChI is InChI=1S/C43H29N3O/c1-43(2)33-20-9-6-17-29(33)30-23-24-35-37(39(30)43)31-18-7-10-21-34(31)46(35)28-16-12-15-27(25-28)41-44-40(26-13-4-3-5-14-26)38-32-19-8-11-22-36(32)47-42(38)45-41/h3-25H,1-2H3. The van der Waals surface area contributed by atoms with E-state index in [1.165, 1.54) is 44.1 Å². The molecular weight excluding hydrogens is 574 g/mol. The minimum absolute atomic E-state index is 0.119. The van der Waals surface area contributed by atoms with Gasteiger partial charge in [0.15, 0.2) is 5.82 Å². The molecule has 0 aliphatic heterocycles. The SMILES string of the molecule is CC1(C)c2ccccc2-c2ccc3c(c21)c1ccccc1n3-c1cccc(-c2nc(-c3ccccc3)c3c(n2)oc2ccccc23)c1. The fourth-order valence-corrected chi connectivity index (χ4v) is 7.95. The third-order valence-corrected chi connectivity index (χ3v) is 10.0. The van der Waals surface area contributed by atoms with Crippen LogP contribution in [0.25, 0.3) is 83.3 Å². The molecule has 0 amide bonds. The number of para-hydroxylation sites is 2. The Hall–Kier alpha value is -6.00. The average Bonchev–Trinajstić information content (AvgIpc) is 3.74. The van der Waals surface area contributed by atoms with E-state index in [-0.39, 0.29) is 5.41 Å². The van der Waals surface area contributed by atoms with Gasteiger partial charge < -0.3 is 8.98 Å². The molecule has 0 saturated carbocycles. The van der Waals surface area contributed by atoms with E-state index in [0.29, 0.717) is 11.5 Å². The Morgan fingerprint density at radius 1 is 0.574 bits per heavy atom. The van der Waals surface area contributed by atoms with Gasteiger partial charge in [-0.25, -0.2) is 4.98 Å². The molecule has 10 rings (SSSR count). The van der Waals surface area contributed by atoms with Crippen molar-refractivity contribution in [2.45, 2.75) is 19.3 Å². The molecule has 0 unspecified atom stereocenters. The molecule has 0 saturated heterocycles. The predicted octanol–water partition coefficient (Wildman–Crippen LogP) is 11.1. The molecule has 3 heterocycles. The molecule has 3 aromatic heterocycles. The first-order chi connectivity index (χ1) is 23.1. The van der Waals surface area contributed by atoms with Crippen LogP contribution in [0.3, 0.4) is 0 Å². The summed E-state index contributed by atoms with van der Waals surface area (Å²) in [6.07, 6.45) is 0. The molecule has 0 bridgehead atoms. The van der Waals surface area contributed by atoms with Gasteiger partial charge in [0.2, 0.25) is 5.71 Å². The fourth-order valence-electron chi connectivity index (χ4n) is 7.95. The topological polar surface area (TPSA) is 43.9 Å². The number of aromatic nitrogens is 3. The Labute approximate surface area is 271 Å². The Morgan fingerprint density at radius 3 is 2.21 bits per heavy atom. The molecule has 1 aliphatic carbocycles. The molecule has 0 radical (unpaired) electrons. The van der Waals surface area contributed by atoms with Crippen molar-refractivity contribution < 1.29 is 4.42 Å². The number of hydrogen-bond donors (Lipinski definition) is 0. The van der Waals surface area contributed by atoms with Crippen LogP contribution in [0, 0.1) is 0 Å². The summed E-state index contributed by atoms with van der Waals surface area (Å²) in [5.41, 5.74) is 13.0. The van der Waals surface area contributed by atoms with Crippen molar-refractivity contribution >= 4 is 43.9 Å². The zero-order chi connectivity index (χ0) is 31.3. The maximum absolute atomic E-state index is 6.33. The molecule has 9 aromatic rings. The fraction of sp³-hybridized carbons (Fsp3) is 0.0698. The van der Waals surface area contributed by atoms with Gasteiger partial charge in [0.05, 0.1) is 22.1 Å². The Kier molecular flexibility index (Phi) is 5.31. The van der Waals surface area contributed by atoms with Crippen molar-refractivity contribution in [3.05, 3.63) is 151 Å². The van der Waals surface area contributed by atoms with Crippen LogP contribution in [0.2, 0.25) is 0 Å². The van der Waals surface area contributed by atoms with E-state index >= 15 is 0 Å². The van der Waals surface area contributed by atoms with Crippen molar-refractivity contribution in [1.82, 2.24) is 14.5 Å². The van der Waals surface area contributed by atoms with Crippen LogP contribution >= 0.6 is 0 Å². The Morgan fingerprint density at radius 2 is 1.32 bits per heavy atom. The molecule has 0 spiro atoms. The first kappa shape index (κ1) is 26.2. The highest BCUT2D eigenvalue weighted by atomic mass is 16.3. The van der Waals surface area contributed by atoms with Gasteiger partial charge in [0, 0.05) is 38.4 Å². The van der Waals surface area contributed by atoms with Crippen LogP contribution in [0.1, 0.15) is 25.0 Å². The largest absolute Gasteiger partial charge is 0.438 e. The first-order valence-corrected chi connectivity index (χ1v) is 16.1. The zero-order valence-electron chi connectivity index (χ0n) is 26.0. The smallest absolute Gasteiger partial charge is 0.231 e. The van der Waals surface area contributed by atoms with Crippen molar-refractivity contribution in [2.24, 2.45) is 0 Å². The summed E-state index contributed by atoms with van der Waals surface area (Å²) >= 11 is 0. The summed E-state index contributed by atoms with van der Waals surface area (Å²) in [5, 5.41) is 4.53. The number of hydrogen-bond acceptors (Lipinski definition) is 3. The number of benzene rings is 6. The van der Waals surface area contributed by atoms with Crippen LogP contribution in [0.15, 0.2) is 144 Å². The predicted molar refractivity (Wildman–Crippen MR) is 192 cm³/mol. The van der Waals surface area contributed by atoms with Crippen LogP contribution < -0.4 is 0 Å². The Balaban J connectivity index is 1.22. The number of rotatable bonds is 3. The monoisotopic (exact) mass is 603 g/mol. The maximum Gasteiger partial charge on any atom is 0.231 e. The average molecular weight is 604 g/mol. The molecule has 0 fully saturated rings. The number of fused-ring (bicyclic) bond motifs is 10. The highest BCUT2D eigenvalue weighted by molar-refractivity contribution is 6.14.